The number of carbonyl (C=O) groups excluding carboxylic acids is 1. The molecule has 0 spiro atoms. The second-order valence-electron chi connectivity index (χ2n) is 9.07. The van der Waals surface area contributed by atoms with Crippen molar-refractivity contribution >= 4 is 56.9 Å². The van der Waals surface area contributed by atoms with Gasteiger partial charge >= 0.3 is 0 Å². The second kappa shape index (κ2) is 12.6. The fourth-order valence-electron chi connectivity index (χ4n) is 4.10. The Morgan fingerprint density at radius 2 is 1.85 bits per heavy atom. The molecule has 0 atom stereocenters. The van der Waals surface area contributed by atoms with Gasteiger partial charge in [0.05, 0.1) is 25.0 Å². The maximum absolute atomic E-state index is 13.2. The number of aromatic nitrogens is 2. The van der Waals surface area contributed by atoms with Crippen LogP contribution in [-0.4, -0.2) is 28.8 Å². The summed E-state index contributed by atoms with van der Waals surface area (Å²) in [5.41, 5.74) is 6.35. The average molecular weight is 608 g/mol. The lowest BCUT2D eigenvalue weighted by Gasteiger charge is -2.13. The van der Waals surface area contributed by atoms with Gasteiger partial charge in [0.1, 0.15) is 18.0 Å². The number of ether oxygens (including phenoxy) is 2. The number of benzene rings is 3. The number of halogens is 2. The van der Waals surface area contributed by atoms with Crippen LogP contribution in [0.5, 0.6) is 11.5 Å². The average Bonchev–Trinajstić information content (AvgIpc) is 3.40. The highest BCUT2D eigenvalue weighted by Crippen LogP contribution is 2.32. The molecule has 0 unspecified atom stereocenters. The minimum Gasteiger partial charge on any atom is -0.493 e. The van der Waals surface area contributed by atoms with Crippen LogP contribution >= 0.6 is 34.5 Å². The molecule has 1 amide bonds. The highest BCUT2D eigenvalue weighted by Gasteiger charge is 2.15. The maximum Gasteiger partial charge on any atom is 0.263 e. The smallest absolute Gasteiger partial charge is 0.263 e. The van der Waals surface area contributed by atoms with Gasteiger partial charge in [-0.25, -0.2) is 10.4 Å². The van der Waals surface area contributed by atoms with Gasteiger partial charge < -0.3 is 9.47 Å². The number of hydrazone groups is 1. The van der Waals surface area contributed by atoms with Gasteiger partial charge in [-0.05, 0) is 48.4 Å². The Labute approximate surface area is 249 Å². The summed E-state index contributed by atoms with van der Waals surface area (Å²) < 4.78 is 12.6. The van der Waals surface area contributed by atoms with Crippen molar-refractivity contribution < 1.29 is 14.3 Å². The number of nitrogens with zero attached hydrogens (tertiary/aromatic N) is 3. The quantitative estimate of drug-likeness (QED) is 0.153. The molecule has 0 saturated heterocycles. The van der Waals surface area contributed by atoms with Gasteiger partial charge in [0, 0.05) is 26.6 Å². The third-order valence-corrected chi connectivity index (χ3v) is 7.86. The van der Waals surface area contributed by atoms with Crippen molar-refractivity contribution in [3.8, 4) is 22.6 Å². The molecule has 41 heavy (non-hydrogen) atoms. The summed E-state index contributed by atoms with van der Waals surface area (Å²) in [5, 5.41) is 7.45. The molecule has 3 aromatic carbocycles. The molecule has 0 aliphatic carbocycles. The van der Waals surface area contributed by atoms with Crippen LogP contribution < -0.4 is 20.5 Å². The van der Waals surface area contributed by atoms with E-state index >= 15 is 0 Å². The summed E-state index contributed by atoms with van der Waals surface area (Å²) in [7, 11) is 1.52. The number of fused-ring (bicyclic) bond motifs is 1. The van der Waals surface area contributed by atoms with E-state index in [9.17, 15) is 9.59 Å². The molecule has 1 N–H and O–H groups in total. The van der Waals surface area contributed by atoms with E-state index in [-0.39, 0.29) is 18.7 Å². The molecule has 0 fully saturated rings. The molecule has 11 heteroatoms. The predicted molar refractivity (Wildman–Crippen MR) is 164 cm³/mol. The van der Waals surface area contributed by atoms with E-state index in [4.69, 9.17) is 32.7 Å². The molecular formula is C30H24Cl2N4O4S. The minimum absolute atomic E-state index is 0.163. The van der Waals surface area contributed by atoms with Gasteiger partial charge in [0.2, 0.25) is 0 Å². The van der Waals surface area contributed by atoms with Crippen LogP contribution in [0.2, 0.25) is 10.0 Å². The van der Waals surface area contributed by atoms with Crippen molar-refractivity contribution in [1.29, 1.82) is 0 Å². The topological polar surface area (TPSA) is 94.8 Å². The molecule has 5 rings (SSSR count). The molecular weight excluding hydrogens is 583 g/mol. The highest BCUT2D eigenvalue weighted by molar-refractivity contribution is 7.17. The largest absolute Gasteiger partial charge is 0.493 e. The van der Waals surface area contributed by atoms with Crippen LogP contribution in [0, 0.1) is 6.92 Å². The predicted octanol–water partition coefficient (Wildman–Crippen LogP) is 6.48. The molecule has 2 aromatic heterocycles. The summed E-state index contributed by atoms with van der Waals surface area (Å²) in [4.78, 5) is 30.8. The van der Waals surface area contributed by atoms with Crippen molar-refractivity contribution in [3.05, 3.63) is 109 Å². The van der Waals surface area contributed by atoms with E-state index in [1.54, 1.807) is 36.4 Å². The van der Waals surface area contributed by atoms with Gasteiger partial charge in [0.15, 0.2) is 11.5 Å². The van der Waals surface area contributed by atoms with E-state index in [0.29, 0.717) is 42.9 Å². The third-order valence-electron chi connectivity index (χ3n) is 6.26. The van der Waals surface area contributed by atoms with Crippen molar-refractivity contribution in [1.82, 2.24) is 15.0 Å². The lowest BCUT2D eigenvalue weighted by atomic mass is 10.1. The Hall–Kier alpha value is -4.18. The van der Waals surface area contributed by atoms with E-state index in [2.05, 4.69) is 15.5 Å². The zero-order chi connectivity index (χ0) is 28.9. The number of rotatable bonds is 9. The molecule has 0 bridgehead atoms. The minimum atomic E-state index is -0.472. The fraction of sp³-hybridized carbons (Fsp3) is 0.133. The van der Waals surface area contributed by atoms with Crippen molar-refractivity contribution in [3.63, 3.8) is 0 Å². The molecule has 2 heterocycles. The number of aryl methyl sites for hydroxylation is 1. The van der Waals surface area contributed by atoms with Gasteiger partial charge in [0.25, 0.3) is 11.5 Å². The van der Waals surface area contributed by atoms with Crippen LogP contribution in [0.1, 0.15) is 16.7 Å². The molecule has 208 valence electrons. The number of nitrogens with one attached hydrogen (secondary N) is 1. The van der Waals surface area contributed by atoms with Crippen LogP contribution in [0.15, 0.2) is 82.3 Å². The lowest BCUT2D eigenvalue weighted by molar-refractivity contribution is -0.121. The van der Waals surface area contributed by atoms with Crippen molar-refractivity contribution in [2.75, 3.05) is 7.11 Å². The van der Waals surface area contributed by atoms with E-state index in [1.165, 1.54) is 35.6 Å². The Kier molecular flexibility index (Phi) is 8.68. The maximum atomic E-state index is 13.2. The van der Waals surface area contributed by atoms with Gasteiger partial charge in [-0.1, -0.05) is 59.1 Å². The van der Waals surface area contributed by atoms with Gasteiger partial charge in [-0.3, -0.25) is 14.2 Å². The monoisotopic (exact) mass is 606 g/mol. The molecule has 8 nitrogen and oxygen atoms in total. The molecule has 0 radical (unpaired) electrons. The zero-order valence-corrected chi connectivity index (χ0v) is 24.4. The highest BCUT2D eigenvalue weighted by atomic mass is 35.5. The Bertz CT molecular complexity index is 1800. The van der Waals surface area contributed by atoms with Gasteiger partial charge in [-0.2, -0.15) is 5.10 Å². The first-order chi connectivity index (χ1) is 19.8. The standard InChI is InChI=1S/C30H24Cl2N4O4S/c1-18-6-9-20(10-7-18)22-16-41-29-28(22)30(38)36(17-33-29)14-27(37)35-34-13-19-8-11-25(26(12-19)39-2)40-15-21-23(31)4-3-5-24(21)32/h3-13,16-17H,14-15H2,1-2H3,(H,35,37). The molecule has 0 saturated carbocycles. The number of amides is 1. The first-order valence-corrected chi connectivity index (χ1v) is 14.1. The summed E-state index contributed by atoms with van der Waals surface area (Å²) in [5.74, 6) is 0.486. The van der Waals surface area contributed by atoms with E-state index in [0.717, 1.165) is 16.7 Å². The van der Waals surface area contributed by atoms with Crippen LogP contribution in [-0.2, 0) is 17.9 Å². The fourth-order valence-corrected chi connectivity index (χ4v) is 5.51. The van der Waals surface area contributed by atoms with Crippen LogP contribution in [0.4, 0.5) is 0 Å². The lowest BCUT2D eigenvalue weighted by Crippen LogP contribution is -2.30. The Morgan fingerprint density at radius 1 is 1.10 bits per heavy atom. The summed E-state index contributed by atoms with van der Waals surface area (Å²) >= 11 is 13.8. The first kappa shape index (κ1) is 28.4. The second-order valence-corrected chi connectivity index (χ2v) is 10.7. The summed E-state index contributed by atoms with van der Waals surface area (Å²) in [6, 6.07) is 18.4. The number of hydrogen-bond donors (Lipinski definition) is 1. The molecule has 5 aromatic rings. The van der Waals surface area contributed by atoms with E-state index < -0.39 is 5.91 Å². The molecule has 0 aliphatic heterocycles. The normalized spacial score (nSPS) is 11.2. The zero-order valence-electron chi connectivity index (χ0n) is 22.1. The molecule has 0 aliphatic rings. The Balaban J connectivity index is 1.25. The van der Waals surface area contributed by atoms with E-state index in [1.807, 2.05) is 36.6 Å². The van der Waals surface area contributed by atoms with Gasteiger partial charge in [-0.15, -0.1) is 11.3 Å². The number of thiophene rings is 1. The van der Waals surface area contributed by atoms with Crippen molar-refractivity contribution in [2.45, 2.75) is 20.1 Å². The Morgan fingerprint density at radius 3 is 2.59 bits per heavy atom. The SMILES string of the molecule is COc1cc(C=NNC(=O)Cn2cnc3scc(-c4ccc(C)cc4)c3c2=O)ccc1OCc1c(Cl)cccc1Cl. The summed E-state index contributed by atoms with van der Waals surface area (Å²) in [6.45, 7) is 1.94. The summed E-state index contributed by atoms with van der Waals surface area (Å²) in [6.07, 6.45) is 2.84. The van der Waals surface area contributed by atoms with Crippen LogP contribution in [0.25, 0.3) is 21.3 Å². The number of carbonyl (C=O) groups is 1. The number of hydrogen-bond acceptors (Lipinski definition) is 7. The van der Waals surface area contributed by atoms with Crippen molar-refractivity contribution in [2.24, 2.45) is 5.10 Å². The third kappa shape index (κ3) is 6.43. The first-order valence-electron chi connectivity index (χ1n) is 12.4. The number of methoxy groups -OCH3 is 1. The van der Waals surface area contributed by atoms with Crippen LogP contribution in [0.3, 0.4) is 0 Å².